The molecule has 0 unspecified atom stereocenters. The van der Waals surface area contributed by atoms with E-state index in [9.17, 15) is 18.0 Å². The number of carbonyl (C=O) groups is 1. The molecule has 3 nitrogen and oxygen atoms in total. The van der Waals surface area contributed by atoms with Crippen LogP contribution in [0.1, 0.15) is 28.7 Å². The number of rotatable bonds is 3. The van der Waals surface area contributed by atoms with E-state index in [0.717, 1.165) is 4.57 Å². The van der Waals surface area contributed by atoms with Crippen LogP contribution in [0.3, 0.4) is 0 Å². The van der Waals surface area contributed by atoms with Crippen LogP contribution >= 0.6 is 11.6 Å². The van der Waals surface area contributed by atoms with Gasteiger partial charge in [-0.2, -0.15) is 13.2 Å². The molecule has 0 N–H and O–H groups in total. The smallest absolute Gasteiger partial charge is 0.431 e. The number of halogens is 4. The molecule has 0 amide bonds. The van der Waals surface area contributed by atoms with Gasteiger partial charge in [0.25, 0.3) is 0 Å². The summed E-state index contributed by atoms with van der Waals surface area (Å²) in [6.07, 6.45) is -4.58. The van der Waals surface area contributed by atoms with E-state index in [-0.39, 0.29) is 23.4 Å². The molecule has 0 saturated heterocycles. The predicted octanol–water partition coefficient (Wildman–Crippen LogP) is 4.85. The first kappa shape index (κ1) is 17.4. The molecule has 2 aromatic rings. The van der Waals surface area contributed by atoms with E-state index < -0.39 is 17.8 Å². The maximum Gasteiger partial charge on any atom is 0.431 e. The molecule has 1 aromatic heterocycles. The Labute approximate surface area is 136 Å². The topological polar surface area (TPSA) is 31.2 Å². The summed E-state index contributed by atoms with van der Waals surface area (Å²) in [6, 6.07) is 6.28. The lowest BCUT2D eigenvalue weighted by atomic mass is 10.0. The standard InChI is InChI=1S/C16H15ClF3NO2/c1-4-23-15(22)13-12(10-5-7-11(17)8-6-10)9(2)14(21(13)3)16(18,19)20/h5-8H,4H2,1-3H3. The minimum atomic E-state index is -4.58. The second-order valence-corrected chi connectivity index (χ2v) is 5.42. The third-order valence-corrected chi connectivity index (χ3v) is 3.76. The normalized spacial score (nSPS) is 11.6. The summed E-state index contributed by atoms with van der Waals surface area (Å²) in [5, 5.41) is 0.455. The Morgan fingerprint density at radius 2 is 1.83 bits per heavy atom. The lowest BCUT2D eigenvalue weighted by Gasteiger charge is -2.10. The highest BCUT2D eigenvalue weighted by atomic mass is 35.5. The third-order valence-electron chi connectivity index (χ3n) is 3.51. The lowest BCUT2D eigenvalue weighted by molar-refractivity contribution is -0.143. The highest BCUT2D eigenvalue weighted by molar-refractivity contribution is 6.30. The Morgan fingerprint density at radius 1 is 1.26 bits per heavy atom. The molecule has 0 radical (unpaired) electrons. The Morgan fingerprint density at radius 3 is 2.30 bits per heavy atom. The highest BCUT2D eigenvalue weighted by Crippen LogP contribution is 2.40. The summed E-state index contributed by atoms with van der Waals surface area (Å²) in [5.41, 5.74) is -0.342. The first-order chi connectivity index (χ1) is 10.7. The van der Waals surface area contributed by atoms with Gasteiger partial charge < -0.3 is 9.30 Å². The minimum absolute atomic E-state index is 0.0228. The molecule has 0 fully saturated rings. The minimum Gasteiger partial charge on any atom is -0.461 e. The van der Waals surface area contributed by atoms with Gasteiger partial charge in [-0.05, 0) is 37.1 Å². The van der Waals surface area contributed by atoms with Gasteiger partial charge in [0.2, 0.25) is 0 Å². The van der Waals surface area contributed by atoms with Crippen molar-refractivity contribution >= 4 is 17.6 Å². The monoisotopic (exact) mass is 345 g/mol. The van der Waals surface area contributed by atoms with Gasteiger partial charge in [-0.1, -0.05) is 23.7 Å². The number of hydrogen-bond donors (Lipinski definition) is 0. The third kappa shape index (κ3) is 3.22. The highest BCUT2D eigenvalue weighted by Gasteiger charge is 2.40. The van der Waals surface area contributed by atoms with Gasteiger partial charge in [0, 0.05) is 17.6 Å². The average Bonchev–Trinajstić information content (AvgIpc) is 2.71. The van der Waals surface area contributed by atoms with Gasteiger partial charge in [-0.3, -0.25) is 0 Å². The van der Waals surface area contributed by atoms with Gasteiger partial charge in [-0.25, -0.2) is 4.79 Å². The second kappa shape index (κ2) is 6.28. The number of ether oxygens (including phenoxy) is 1. The Bertz CT molecular complexity index is 733. The van der Waals surface area contributed by atoms with Crippen LogP contribution in [-0.4, -0.2) is 17.1 Å². The summed E-state index contributed by atoms with van der Waals surface area (Å²) >= 11 is 5.82. The number of hydrogen-bond acceptors (Lipinski definition) is 2. The van der Waals surface area contributed by atoms with Crippen molar-refractivity contribution in [1.82, 2.24) is 4.57 Å². The van der Waals surface area contributed by atoms with E-state index >= 15 is 0 Å². The molecular formula is C16H15ClF3NO2. The zero-order chi connectivity index (χ0) is 17.4. The van der Waals surface area contributed by atoms with Crippen LogP contribution in [0, 0.1) is 6.92 Å². The zero-order valence-electron chi connectivity index (χ0n) is 12.8. The summed E-state index contributed by atoms with van der Waals surface area (Å²) in [6.45, 7) is 3.01. The molecule has 23 heavy (non-hydrogen) atoms. The van der Waals surface area contributed by atoms with Gasteiger partial charge >= 0.3 is 12.1 Å². The van der Waals surface area contributed by atoms with Gasteiger partial charge in [0.1, 0.15) is 11.4 Å². The Hall–Kier alpha value is -1.95. The average molecular weight is 346 g/mol. The largest absolute Gasteiger partial charge is 0.461 e. The molecule has 124 valence electrons. The Balaban J connectivity index is 2.78. The summed E-state index contributed by atoms with van der Waals surface area (Å²) in [5.74, 6) is -0.793. The Kier molecular flexibility index (Phi) is 4.75. The van der Waals surface area contributed by atoms with Crippen molar-refractivity contribution in [2.24, 2.45) is 7.05 Å². The van der Waals surface area contributed by atoms with Crippen molar-refractivity contribution in [1.29, 1.82) is 0 Å². The molecule has 1 aromatic carbocycles. The van der Waals surface area contributed by atoms with Crippen LogP contribution in [0.5, 0.6) is 0 Å². The summed E-state index contributed by atoms with van der Waals surface area (Å²) < 4.78 is 45.8. The fourth-order valence-electron chi connectivity index (χ4n) is 2.64. The van der Waals surface area contributed by atoms with Crippen molar-refractivity contribution in [3.05, 3.63) is 46.2 Å². The van der Waals surface area contributed by atoms with Crippen molar-refractivity contribution < 1.29 is 22.7 Å². The van der Waals surface area contributed by atoms with E-state index in [4.69, 9.17) is 16.3 Å². The summed E-state index contributed by atoms with van der Waals surface area (Å²) in [4.78, 5) is 12.2. The molecule has 0 aliphatic rings. The number of aromatic nitrogens is 1. The number of nitrogens with zero attached hydrogens (tertiary/aromatic N) is 1. The quantitative estimate of drug-likeness (QED) is 0.745. The fraction of sp³-hybridized carbons (Fsp3) is 0.312. The first-order valence-electron chi connectivity index (χ1n) is 6.88. The first-order valence-corrected chi connectivity index (χ1v) is 7.25. The molecule has 0 saturated carbocycles. The number of alkyl halides is 3. The zero-order valence-corrected chi connectivity index (χ0v) is 13.5. The molecule has 0 spiro atoms. The molecule has 7 heteroatoms. The van der Waals surface area contributed by atoms with Gasteiger partial charge in [0.15, 0.2) is 0 Å². The van der Waals surface area contributed by atoms with Crippen molar-refractivity contribution in [3.63, 3.8) is 0 Å². The number of esters is 1. The van der Waals surface area contributed by atoms with Crippen LogP contribution < -0.4 is 0 Å². The van der Waals surface area contributed by atoms with Crippen LogP contribution in [0.15, 0.2) is 24.3 Å². The van der Waals surface area contributed by atoms with Crippen molar-refractivity contribution in [3.8, 4) is 11.1 Å². The molecule has 0 aliphatic heterocycles. The SMILES string of the molecule is CCOC(=O)c1c(-c2ccc(Cl)cc2)c(C)c(C(F)(F)F)n1C. The van der Waals surface area contributed by atoms with E-state index in [1.54, 1.807) is 31.2 Å². The lowest BCUT2D eigenvalue weighted by Crippen LogP contribution is -2.16. The fourth-order valence-corrected chi connectivity index (χ4v) is 2.76. The van der Waals surface area contributed by atoms with Crippen LogP contribution in [0.4, 0.5) is 13.2 Å². The number of benzene rings is 1. The maximum atomic E-state index is 13.3. The number of carbonyl (C=O) groups excluding carboxylic acids is 1. The van der Waals surface area contributed by atoms with E-state index in [2.05, 4.69) is 0 Å². The molecule has 0 bridgehead atoms. The molecule has 0 atom stereocenters. The molecule has 0 aliphatic carbocycles. The molecule has 2 rings (SSSR count). The van der Waals surface area contributed by atoms with Crippen LogP contribution in [0.25, 0.3) is 11.1 Å². The van der Waals surface area contributed by atoms with Gasteiger partial charge in [0.05, 0.1) is 6.61 Å². The molecule has 1 heterocycles. The molecular weight excluding hydrogens is 331 g/mol. The predicted molar refractivity (Wildman–Crippen MR) is 81.6 cm³/mol. The van der Waals surface area contributed by atoms with Crippen LogP contribution in [-0.2, 0) is 18.0 Å². The van der Waals surface area contributed by atoms with E-state index in [1.807, 2.05) is 0 Å². The van der Waals surface area contributed by atoms with Crippen LogP contribution in [0.2, 0.25) is 5.02 Å². The van der Waals surface area contributed by atoms with Crippen molar-refractivity contribution in [2.45, 2.75) is 20.0 Å². The van der Waals surface area contributed by atoms with Gasteiger partial charge in [-0.15, -0.1) is 0 Å². The second-order valence-electron chi connectivity index (χ2n) is 4.98. The van der Waals surface area contributed by atoms with Crippen molar-refractivity contribution in [2.75, 3.05) is 6.61 Å². The van der Waals surface area contributed by atoms with E-state index in [1.165, 1.54) is 14.0 Å². The maximum absolute atomic E-state index is 13.3. The summed E-state index contributed by atoms with van der Waals surface area (Å²) in [7, 11) is 1.21. The van der Waals surface area contributed by atoms with E-state index in [0.29, 0.717) is 10.6 Å².